The van der Waals surface area contributed by atoms with Crippen LogP contribution < -0.4 is 16.1 Å². The summed E-state index contributed by atoms with van der Waals surface area (Å²) in [6, 6.07) is 0.992. The predicted molar refractivity (Wildman–Crippen MR) is 198 cm³/mol. The SMILES string of the molecule is C[C@]12CCC(=O)C=C1CCC1C2[C@@H](O)C[C@@]2(C)C1CC[C@]2(O)C(=O)[CH]COC(=O)c1cn(C2CC2)c2c(Cl)c(N3CCCC[C@@H](N)C3)c(F)cc2c1=O. The molecule has 1 aromatic carbocycles. The number of benzene rings is 1. The zero-order valence-electron chi connectivity index (χ0n) is 30.5. The van der Waals surface area contributed by atoms with Crippen molar-refractivity contribution in [1.82, 2.24) is 4.57 Å². The number of fused-ring (bicyclic) bond motifs is 6. The summed E-state index contributed by atoms with van der Waals surface area (Å²) in [5.41, 5.74) is 3.99. The molecular formula is C41H50ClFN3O7. The maximum absolute atomic E-state index is 15.8. The Kier molecular flexibility index (Phi) is 9.23. The van der Waals surface area contributed by atoms with Crippen molar-refractivity contribution in [2.75, 3.05) is 24.6 Å². The number of ketones is 2. The number of anilines is 1. The molecule has 12 heteroatoms. The number of rotatable bonds is 7. The van der Waals surface area contributed by atoms with Crippen LogP contribution >= 0.6 is 11.6 Å². The van der Waals surface area contributed by atoms with Crippen molar-refractivity contribution < 1.29 is 33.7 Å². The number of allylic oxidation sites excluding steroid dienone is 1. The van der Waals surface area contributed by atoms with Gasteiger partial charge >= 0.3 is 5.97 Å². The number of nitrogens with two attached hydrogens (primary N) is 1. The third kappa shape index (κ3) is 5.82. The van der Waals surface area contributed by atoms with Crippen LogP contribution in [0.4, 0.5) is 10.1 Å². The minimum absolute atomic E-state index is 0.000813. The largest absolute Gasteiger partial charge is 0.461 e. The topological polar surface area (TPSA) is 152 Å². The van der Waals surface area contributed by atoms with E-state index in [1.54, 1.807) is 10.6 Å². The molecule has 53 heavy (non-hydrogen) atoms. The fraction of sp³-hybridized carbons (Fsp3) is 0.634. The molecule has 1 saturated heterocycles. The van der Waals surface area contributed by atoms with Crippen LogP contribution in [0.3, 0.4) is 0 Å². The maximum Gasteiger partial charge on any atom is 0.343 e. The Labute approximate surface area is 313 Å². The quantitative estimate of drug-likeness (QED) is 0.307. The van der Waals surface area contributed by atoms with Crippen molar-refractivity contribution >= 4 is 45.7 Å². The zero-order valence-corrected chi connectivity index (χ0v) is 31.3. The summed E-state index contributed by atoms with van der Waals surface area (Å²) in [5, 5.41) is 23.9. The number of aliphatic hydroxyl groups is 2. The van der Waals surface area contributed by atoms with Gasteiger partial charge in [-0.3, -0.25) is 14.4 Å². The number of carbonyl (C=O) groups excluding carboxylic acids is 3. The molecular weight excluding hydrogens is 701 g/mol. The Balaban J connectivity index is 0.998. The summed E-state index contributed by atoms with van der Waals surface area (Å²) >= 11 is 6.91. The van der Waals surface area contributed by atoms with Crippen LogP contribution in [-0.4, -0.2) is 69.8 Å². The Morgan fingerprint density at radius 1 is 1.11 bits per heavy atom. The van der Waals surface area contributed by atoms with Crippen molar-refractivity contribution in [3.05, 3.63) is 57.0 Å². The van der Waals surface area contributed by atoms with E-state index in [0.29, 0.717) is 37.9 Å². The third-order valence-corrected chi connectivity index (χ3v) is 14.7. The molecule has 1 aliphatic heterocycles. The molecule has 8 atom stereocenters. The maximum atomic E-state index is 15.8. The number of aromatic nitrogens is 1. The highest BCUT2D eigenvalue weighted by Gasteiger charge is 2.68. The lowest BCUT2D eigenvalue weighted by molar-refractivity contribution is -0.178. The first-order valence-electron chi connectivity index (χ1n) is 19.4. The summed E-state index contributed by atoms with van der Waals surface area (Å²) in [6.45, 7) is 4.60. The van der Waals surface area contributed by atoms with Crippen molar-refractivity contribution in [3.63, 3.8) is 0 Å². The number of esters is 1. The molecule has 0 spiro atoms. The van der Waals surface area contributed by atoms with E-state index in [1.807, 2.05) is 11.8 Å². The lowest BCUT2D eigenvalue weighted by atomic mass is 9.45. The van der Waals surface area contributed by atoms with E-state index in [1.165, 1.54) is 6.20 Å². The lowest BCUT2D eigenvalue weighted by Gasteiger charge is -2.60. The van der Waals surface area contributed by atoms with Crippen LogP contribution in [0, 0.1) is 40.8 Å². The van der Waals surface area contributed by atoms with Gasteiger partial charge in [-0.05, 0) is 99.5 Å². The minimum Gasteiger partial charge on any atom is -0.461 e. The smallest absolute Gasteiger partial charge is 0.343 e. The molecule has 1 radical (unpaired) electrons. The number of aliphatic hydroxyl groups excluding tert-OH is 1. The fourth-order valence-corrected chi connectivity index (χ4v) is 11.8. The highest BCUT2D eigenvalue weighted by atomic mass is 35.5. The predicted octanol–water partition coefficient (Wildman–Crippen LogP) is 5.61. The van der Waals surface area contributed by atoms with E-state index >= 15 is 4.39 Å². The summed E-state index contributed by atoms with van der Waals surface area (Å²) in [5.74, 6) is -2.02. The van der Waals surface area contributed by atoms with Crippen LogP contribution in [0.1, 0.15) is 107 Å². The van der Waals surface area contributed by atoms with Gasteiger partial charge in [0.2, 0.25) is 5.43 Å². The summed E-state index contributed by atoms with van der Waals surface area (Å²) in [4.78, 5) is 55.2. The summed E-state index contributed by atoms with van der Waals surface area (Å²) in [7, 11) is 0. The number of ether oxygens (including phenoxy) is 1. The number of halogens is 2. The van der Waals surface area contributed by atoms with Crippen LogP contribution in [0.25, 0.3) is 10.9 Å². The van der Waals surface area contributed by atoms with Gasteiger partial charge < -0.3 is 30.2 Å². The monoisotopic (exact) mass is 750 g/mol. The van der Waals surface area contributed by atoms with Gasteiger partial charge in [0.15, 0.2) is 11.6 Å². The van der Waals surface area contributed by atoms with E-state index in [0.717, 1.165) is 63.0 Å². The number of hydrogen-bond acceptors (Lipinski definition) is 9. The van der Waals surface area contributed by atoms with Crippen LogP contribution in [-0.2, 0) is 14.3 Å². The molecule has 0 amide bonds. The molecule has 3 unspecified atom stereocenters. The molecule has 8 rings (SSSR count). The molecule has 6 aliphatic rings. The first-order chi connectivity index (χ1) is 25.2. The molecule has 4 saturated carbocycles. The van der Waals surface area contributed by atoms with Crippen molar-refractivity contribution in [1.29, 1.82) is 0 Å². The first kappa shape index (κ1) is 36.8. The molecule has 0 bridgehead atoms. The van der Waals surface area contributed by atoms with Gasteiger partial charge in [-0.25, -0.2) is 9.18 Å². The number of Topliss-reactive ketones (excluding diaryl/α,β-unsaturated/α-hetero) is 1. The fourth-order valence-electron chi connectivity index (χ4n) is 11.4. The average Bonchev–Trinajstić information content (AvgIpc) is 3.93. The summed E-state index contributed by atoms with van der Waals surface area (Å²) < 4.78 is 23.1. The zero-order chi connectivity index (χ0) is 37.6. The molecule has 4 N–H and O–H groups in total. The highest BCUT2D eigenvalue weighted by Crippen LogP contribution is 2.67. The van der Waals surface area contributed by atoms with E-state index in [-0.39, 0.29) is 75.5 Å². The van der Waals surface area contributed by atoms with Gasteiger partial charge in [0.05, 0.1) is 34.1 Å². The normalized spacial score (nSPS) is 35.6. The van der Waals surface area contributed by atoms with E-state index in [4.69, 9.17) is 22.1 Å². The van der Waals surface area contributed by atoms with E-state index < -0.39 is 46.7 Å². The van der Waals surface area contributed by atoms with Crippen molar-refractivity contribution in [2.45, 2.75) is 115 Å². The first-order valence-corrected chi connectivity index (χ1v) is 19.8. The Bertz CT molecular complexity index is 1980. The Hall–Kier alpha value is -3.12. The molecule has 1 aromatic heterocycles. The Morgan fingerprint density at radius 3 is 2.64 bits per heavy atom. The standard InChI is InChI=1S/C41H50ClFN3O7/c1-39-13-10-25(47)17-22(39)6-9-26-29-11-14-41(52,40(29,2)19-31(48)33(26)39)32(49)12-16-53-38(51)28-21-46(24-7-8-24)35-27(37(28)50)18-30(43)36(34(35)42)45-15-4-3-5-23(44)20-45/h12,17-18,21,23-24,26,29,31,33,48,52H,3-11,13-16,19-20,44H2,1-2H3/t23-,26?,29?,31+,33?,39+,40+,41+/m1/s1. The third-order valence-electron chi connectivity index (χ3n) is 14.3. The van der Waals surface area contributed by atoms with Gasteiger partial charge in [-0.15, -0.1) is 0 Å². The van der Waals surface area contributed by atoms with Gasteiger partial charge in [0, 0.05) is 43.2 Å². The number of pyridine rings is 1. The molecule has 10 nitrogen and oxygen atoms in total. The summed E-state index contributed by atoms with van der Waals surface area (Å²) in [6.07, 6.45) is 11.6. The minimum atomic E-state index is -1.76. The van der Waals surface area contributed by atoms with Crippen molar-refractivity contribution in [3.8, 4) is 0 Å². The van der Waals surface area contributed by atoms with E-state index in [9.17, 15) is 29.4 Å². The highest BCUT2D eigenvalue weighted by molar-refractivity contribution is 6.38. The number of nitrogens with zero attached hydrogens (tertiary/aromatic N) is 2. The van der Waals surface area contributed by atoms with Gasteiger partial charge in [0.1, 0.15) is 23.6 Å². The van der Waals surface area contributed by atoms with Crippen LogP contribution in [0.2, 0.25) is 5.02 Å². The van der Waals surface area contributed by atoms with Gasteiger partial charge in [-0.2, -0.15) is 0 Å². The molecule has 5 fully saturated rings. The second kappa shape index (κ2) is 13.3. The Morgan fingerprint density at radius 2 is 1.89 bits per heavy atom. The van der Waals surface area contributed by atoms with Gasteiger partial charge in [-0.1, -0.05) is 37.4 Å². The van der Waals surface area contributed by atoms with Crippen LogP contribution in [0.15, 0.2) is 28.7 Å². The van der Waals surface area contributed by atoms with Gasteiger partial charge in [0.25, 0.3) is 0 Å². The molecule has 2 heterocycles. The lowest BCUT2D eigenvalue weighted by Crippen LogP contribution is -2.61. The number of hydrogen-bond donors (Lipinski definition) is 3. The number of carbonyl (C=O) groups is 3. The van der Waals surface area contributed by atoms with Crippen LogP contribution in [0.5, 0.6) is 0 Å². The van der Waals surface area contributed by atoms with E-state index in [2.05, 4.69) is 6.92 Å². The molecule has 5 aliphatic carbocycles. The van der Waals surface area contributed by atoms with Crippen molar-refractivity contribution in [2.24, 2.45) is 34.3 Å². The second-order valence-corrected chi connectivity index (χ2v) is 17.7. The molecule has 285 valence electrons. The average molecular weight is 751 g/mol. The second-order valence-electron chi connectivity index (χ2n) is 17.3. The molecule has 2 aromatic rings.